The molecule has 2 aromatic carbocycles. The van der Waals surface area contributed by atoms with Crippen LogP contribution < -0.4 is 10.1 Å². The van der Waals surface area contributed by atoms with Gasteiger partial charge < -0.3 is 10.1 Å². The zero-order valence-corrected chi connectivity index (χ0v) is 20.1. The molecule has 0 aromatic heterocycles. The van der Waals surface area contributed by atoms with Gasteiger partial charge in [-0.05, 0) is 56.5 Å². The number of hydrogen-bond donors (Lipinski definition) is 1. The van der Waals surface area contributed by atoms with Crippen molar-refractivity contribution in [2.45, 2.75) is 38.1 Å². The van der Waals surface area contributed by atoms with Crippen LogP contribution in [-0.4, -0.2) is 69.4 Å². The second-order valence-electron chi connectivity index (χ2n) is 8.27. The van der Waals surface area contributed by atoms with Gasteiger partial charge in [0.25, 0.3) is 0 Å². The van der Waals surface area contributed by atoms with E-state index in [1.165, 1.54) is 4.31 Å². The Morgan fingerprint density at radius 3 is 2.31 bits per heavy atom. The molecule has 0 radical (unpaired) electrons. The molecule has 174 valence electrons. The van der Waals surface area contributed by atoms with Gasteiger partial charge in [0.15, 0.2) is 0 Å². The lowest BCUT2D eigenvalue weighted by atomic mass is 10.1. The van der Waals surface area contributed by atoms with Crippen molar-refractivity contribution in [3.05, 3.63) is 59.2 Å². The molecule has 0 aliphatic carbocycles. The van der Waals surface area contributed by atoms with Crippen LogP contribution in [0.5, 0.6) is 5.75 Å². The van der Waals surface area contributed by atoms with Crippen molar-refractivity contribution in [2.24, 2.45) is 0 Å². The largest absolute Gasteiger partial charge is 0.497 e. The summed E-state index contributed by atoms with van der Waals surface area (Å²) in [7, 11) is -1.90. The molecule has 0 spiro atoms. The summed E-state index contributed by atoms with van der Waals surface area (Å²) >= 11 is 0. The van der Waals surface area contributed by atoms with Crippen LogP contribution in [0.25, 0.3) is 0 Å². The van der Waals surface area contributed by atoms with Crippen molar-refractivity contribution in [2.75, 3.05) is 39.8 Å². The van der Waals surface area contributed by atoms with Gasteiger partial charge in [-0.2, -0.15) is 4.31 Å². The Morgan fingerprint density at radius 1 is 1.06 bits per heavy atom. The third-order valence-electron chi connectivity index (χ3n) is 6.02. The Hall–Kier alpha value is -2.42. The molecular formula is C24H33N3O4S. The molecule has 1 saturated heterocycles. The SMILES string of the molecule is COc1ccc(CCNC(=O)C(C)N2CCN(S(=O)(=O)c3ccc(C)cc3C)CC2)cc1. The third-order valence-corrected chi connectivity index (χ3v) is 8.08. The molecule has 1 N–H and O–H groups in total. The number of piperazine rings is 1. The average molecular weight is 460 g/mol. The number of carbonyl (C=O) groups is 1. The average Bonchev–Trinajstić information content (AvgIpc) is 2.78. The van der Waals surface area contributed by atoms with Gasteiger partial charge in [0.1, 0.15) is 5.75 Å². The standard InChI is InChI=1S/C24H33N3O4S/c1-18-5-10-23(19(2)17-18)32(29,30)27-15-13-26(14-16-27)20(3)24(28)25-12-11-21-6-8-22(31-4)9-7-21/h5-10,17,20H,11-16H2,1-4H3,(H,25,28). The Kier molecular flexibility index (Phi) is 7.92. The maximum absolute atomic E-state index is 13.1. The van der Waals surface area contributed by atoms with Crippen LogP contribution in [0.15, 0.2) is 47.4 Å². The number of amides is 1. The van der Waals surface area contributed by atoms with Crippen molar-refractivity contribution in [3.63, 3.8) is 0 Å². The number of methoxy groups -OCH3 is 1. The summed E-state index contributed by atoms with van der Waals surface area (Å²) in [5.74, 6) is 0.773. The van der Waals surface area contributed by atoms with Crippen LogP contribution in [0.2, 0.25) is 0 Å². The van der Waals surface area contributed by atoms with E-state index in [9.17, 15) is 13.2 Å². The Labute approximate surface area is 191 Å². The highest BCUT2D eigenvalue weighted by Gasteiger charge is 2.32. The number of nitrogens with zero attached hydrogens (tertiary/aromatic N) is 2. The van der Waals surface area contributed by atoms with Gasteiger partial charge in [-0.1, -0.05) is 29.8 Å². The number of rotatable bonds is 8. The minimum absolute atomic E-state index is 0.0378. The van der Waals surface area contributed by atoms with E-state index in [2.05, 4.69) is 5.32 Å². The van der Waals surface area contributed by atoms with Crippen molar-refractivity contribution in [1.29, 1.82) is 0 Å². The fourth-order valence-electron chi connectivity index (χ4n) is 3.99. The molecule has 7 nitrogen and oxygen atoms in total. The van der Waals surface area contributed by atoms with Gasteiger partial charge in [0.05, 0.1) is 18.0 Å². The zero-order chi connectivity index (χ0) is 23.3. The van der Waals surface area contributed by atoms with Gasteiger partial charge >= 0.3 is 0 Å². The maximum atomic E-state index is 13.1. The topological polar surface area (TPSA) is 79.0 Å². The molecule has 1 fully saturated rings. The van der Waals surface area contributed by atoms with E-state index in [1.807, 2.05) is 62.1 Å². The predicted molar refractivity (Wildman–Crippen MR) is 125 cm³/mol. The molecule has 0 bridgehead atoms. The number of benzene rings is 2. The van der Waals surface area contributed by atoms with Crippen LogP contribution in [-0.2, 0) is 21.2 Å². The summed E-state index contributed by atoms with van der Waals surface area (Å²) in [5.41, 5.74) is 2.93. The minimum Gasteiger partial charge on any atom is -0.497 e. The Morgan fingerprint density at radius 2 is 1.72 bits per heavy atom. The molecule has 8 heteroatoms. The molecule has 1 unspecified atom stereocenters. The molecular weight excluding hydrogens is 426 g/mol. The molecule has 1 amide bonds. The smallest absolute Gasteiger partial charge is 0.243 e. The van der Waals surface area contributed by atoms with Gasteiger partial charge in [-0.15, -0.1) is 0 Å². The first-order valence-electron chi connectivity index (χ1n) is 10.9. The van der Waals surface area contributed by atoms with Gasteiger partial charge in [0, 0.05) is 32.7 Å². The van der Waals surface area contributed by atoms with Crippen molar-refractivity contribution in [1.82, 2.24) is 14.5 Å². The normalized spacial score (nSPS) is 16.5. The van der Waals surface area contributed by atoms with Crippen LogP contribution >= 0.6 is 0 Å². The van der Waals surface area contributed by atoms with Gasteiger partial charge in [0.2, 0.25) is 15.9 Å². The first-order valence-corrected chi connectivity index (χ1v) is 12.4. The molecule has 1 heterocycles. The maximum Gasteiger partial charge on any atom is 0.243 e. The lowest BCUT2D eigenvalue weighted by Gasteiger charge is -2.37. The minimum atomic E-state index is -3.53. The number of sulfonamides is 1. The second kappa shape index (κ2) is 10.5. The number of carbonyl (C=O) groups excluding carboxylic acids is 1. The predicted octanol–water partition coefficient (Wildman–Crippen LogP) is 2.37. The molecule has 0 saturated carbocycles. The van der Waals surface area contributed by atoms with E-state index in [4.69, 9.17) is 4.74 Å². The number of hydrogen-bond acceptors (Lipinski definition) is 5. The lowest BCUT2D eigenvalue weighted by molar-refractivity contribution is -0.126. The fourth-order valence-corrected chi connectivity index (χ4v) is 5.62. The summed E-state index contributed by atoms with van der Waals surface area (Å²) in [5, 5.41) is 2.99. The molecule has 3 rings (SSSR count). The lowest BCUT2D eigenvalue weighted by Crippen LogP contribution is -2.55. The van der Waals surface area contributed by atoms with Crippen LogP contribution in [0.4, 0.5) is 0 Å². The summed E-state index contributed by atoms with van der Waals surface area (Å²) in [6.45, 7) is 8.00. The number of ether oxygens (including phenoxy) is 1. The monoisotopic (exact) mass is 459 g/mol. The van der Waals surface area contributed by atoms with Crippen LogP contribution in [0.3, 0.4) is 0 Å². The summed E-state index contributed by atoms with van der Waals surface area (Å²) in [4.78, 5) is 15.0. The van der Waals surface area contributed by atoms with Gasteiger partial charge in [-0.25, -0.2) is 8.42 Å². The quantitative estimate of drug-likeness (QED) is 0.656. The molecule has 1 aliphatic rings. The summed E-state index contributed by atoms with van der Waals surface area (Å²) < 4.78 is 32.8. The van der Waals surface area contributed by atoms with E-state index in [1.54, 1.807) is 13.2 Å². The number of aryl methyl sites for hydroxylation is 2. The summed E-state index contributed by atoms with van der Waals surface area (Å²) in [6, 6.07) is 12.9. The molecule has 2 aromatic rings. The second-order valence-corrected chi connectivity index (χ2v) is 10.2. The zero-order valence-electron chi connectivity index (χ0n) is 19.3. The fraction of sp³-hybridized carbons (Fsp3) is 0.458. The van der Waals surface area contributed by atoms with Crippen molar-refractivity contribution in [3.8, 4) is 5.75 Å². The molecule has 32 heavy (non-hydrogen) atoms. The highest BCUT2D eigenvalue weighted by Crippen LogP contribution is 2.22. The molecule has 1 aliphatic heterocycles. The van der Waals surface area contributed by atoms with E-state index in [0.29, 0.717) is 37.6 Å². The van der Waals surface area contributed by atoms with Gasteiger partial charge in [-0.3, -0.25) is 9.69 Å². The van der Waals surface area contributed by atoms with E-state index >= 15 is 0 Å². The van der Waals surface area contributed by atoms with Crippen LogP contribution in [0.1, 0.15) is 23.6 Å². The van der Waals surface area contributed by atoms with E-state index < -0.39 is 10.0 Å². The first kappa shape index (κ1) is 24.2. The highest BCUT2D eigenvalue weighted by atomic mass is 32.2. The van der Waals surface area contributed by atoms with E-state index in [0.717, 1.165) is 28.9 Å². The highest BCUT2D eigenvalue weighted by molar-refractivity contribution is 7.89. The van der Waals surface area contributed by atoms with Crippen molar-refractivity contribution < 1.29 is 17.9 Å². The number of nitrogens with one attached hydrogen (secondary N) is 1. The van der Waals surface area contributed by atoms with E-state index in [-0.39, 0.29) is 11.9 Å². The Bertz CT molecular complexity index is 1030. The van der Waals surface area contributed by atoms with Crippen LogP contribution in [0, 0.1) is 13.8 Å². The molecule has 1 atom stereocenters. The first-order chi connectivity index (χ1) is 15.2. The van der Waals surface area contributed by atoms with Crippen molar-refractivity contribution >= 4 is 15.9 Å². The third kappa shape index (κ3) is 5.68. The summed E-state index contributed by atoms with van der Waals surface area (Å²) in [6.07, 6.45) is 0.740. The Balaban J connectivity index is 1.49.